The molecular weight excluding hydrogens is 296 g/mol. The summed E-state index contributed by atoms with van der Waals surface area (Å²) in [6.07, 6.45) is 1.38. The third kappa shape index (κ3) is 4.25. The molecule has 0 aromatic carbocycles. The second-order valence-electron chi connectivity index (χ2n) is 7.28. The minimum absolute atomic E-state index is 0.270. The first-order valence-electron chi connectivity index (χ1n) is 8.19. The molecule has 23 heavy (non-hydrogen) atoms. The van der Waals surface area contributed by atoms with Gasteiger partial charge >= 0.3 is 6.09 Å². The predicted octanol–water partition coefficient (Wildman–Crippen LogP) is 3.60. The lowest BCUT2D eigenvalue weighted by molar-refractivity contribution is -0.0532. The lowest BCUT2D eigenvalue weighted by Crippen LogP contribution is -2.40. The number of carbonyl (C=O) groups is 1. The highest BCUT2D eigenvalue weighted by Gasteiger charge is 2.41. The van der Waals surface area contributed by atoms with Gasteiger partial charge in [0, 0.05) is 12.1 Å². The molecule has 0 radical (unpaired) electrons. The second kappa shape index (κ2) is 6.51. The van der Waals surface area contributed by atoms with Crippen LogP contribution in [-0.4, -0.2) is 40.4 Å². The minimum Gasteiger partial charge on any atom is -0.444 e. The molecular formula is C17H28N2O4. The molecule has 1 amide bonds. The SMILES string of the molecule is CCC1(OCc2c(C)noc2C)CCN(C(=O)OC(C)(C)C)C1. The van der Waals surface area contributed by atoms with Crippen molar-refractivity contribution in [1.29, 1.82) is 0 Å². The molecule has 1 aliphatic heterocycles. The molecule has 2 rings (SSSR count). The third-order valence-corrected chi connectivity index (χ3v) is 4.32. The smallest absolute Gasteiger partial charge is 0.410 e. The van der Waals surface area contributed by atoms with Crippen molar-refractivity contribution in [1.82, 2.24) is 10.1 Å². The number of likely N-dealkylation sites (tertiary alicyclic amines) is 1. The highest BCUT2D eigenvalue weighted by atomic mass is 16.6. The lowest BCUT2D eigenvalue weighted by atomic mass is 9.99. The maximum atomic E-state index is 12.2. The summed E-state index contributed by atoms with van der Waals surface area (Å²) < 4.78 is 16.8. The number of carbonyl (C=O) groups excluding carboxylic acids is 1. The maximum Gasteiger partial charge on any atom is 0.410 e. The topological polar surface area (TPSA) is 64.8 Å². The molecule has 1 atom stereocenters. The molecule has 2 heterocycles. The van der Waals surface area contributed by atoms with Gasteiger partial charge in [0.15, 0.2) is 0 Å². The maximum absolute atomic E-state index is 12.2. The molecule has 1 aromatic rings. The van der Waals surface area contributed by atoms with Crippen LogP contribution in [0.25, 0.3) is 0 Å². The van der Waals surface area contributed by atoms with Crippen molar-refractivity contribution in [2.45, 2.75) is 72.2 Å². The van der Waals surface area contributed by atoms with Gasteiger partial charge in [-0.25, -0.2) is 4.79 Å². The minimum atomic E-state index is -0.480. The molecule has 6 heteroatoms. The van der Waals surface area contributed by atoms with Crippen molar-refractivity contribution in [3.8, 4) is 0 Å². The molecule has 130 valence electrons. The Bertz CT molecular complexity index is 542. The van der Waals surface area contributed by atoms with Gasteiger partial charge in [-0.2, -0.15) is 0 Å². The summed E-state index contributed by atoms with van der Waals surface area (Å²) in [5.41, 5.74) is 1.04. The number of aromatic nitrogens is 1. The van der Waals surface area contributed by atoms with Crippen molar-refractivity contribution >= 4 is 6.09 Å². The van der Waals surface area contributed by atoms with E-state index in [0.717, 1.165) is 29.9 Å². The van der Waals surface area contributed by atoms with Crippen LogP contribution in [0.15, 0.2) is 4.52 Å². The summed E-state index contributed by atoms with van der Waals surface area (Å²) in [5, 5.41) is 3.95. The largest absolute Gasteiger partial charge is 0.444 e. The normalized spacial score (nSPS) is 21.7. The molecule has 1 aliphatic rings. The number of amides is 1. The molecule has 6 nitrogen and oxygen atoms in total. The van der Waals surface area contributed by atoms with E-state index in [-0.39, 0.29) is 11.7 Å². The number of nitrogens with zero attached hydrogens (tertiary/aromatic N) is 2. The van der Waals surface area contributed by atoms with Crippen LogP contribution in [0.1, 0.15) is 57.6 Å². The fourth-order valence-electron chi connectivity index (χ4n) is 2.77. The van der Waals surface area contributed by atoms with Crippen LogP contribution in [0.4, 0.5) is 4.79 Å². The fraction of sp³-hybridized carbons (Fsp3) is 0.765. The summed E-state index contributed by atoms with van der Waals surface area (Å²) in [6, 6.07) is 0. The Morgan fingerprint density at radius 1 is 1.39 bits per heavy atom. The average Bonchev–Trinajstić information content (AvgIpc) is 3.01. The zero-order valence-electron chi connectivity index (χ0n) is 15.1. The zero-order valence-corrected chi connectivity index (χ0v) is 15.1. The number of hydrogen-bond donors (Lipinski definition) is 0. The van der Waals surface area contributed by atoms with E-state index in [4.69, 9.17) is 14.0 Å². The quantitative estimate of drug-likeness (QED) is 0.846. The van der Waals surface area contributed by atoms with Gasteiger partial charge in [0.25, 0.3) is 0 Å². The van der Waals surface area contributed by atoms with Gasteiger partial charge < -0.3 is 18.9 Å². The summed E-state index contributed by atoms with van der Waals surface area (Å²) in [5.74, 6) is 0.788. The molecule has 0 spiro atoms. The first-order chi connectivity index (χ1) is 10.7. The van der Waals surface area contributed by atoms with E-state index in [1.807, 2.05) is 34.6 Å². The van der Waals surface area contributed by atoms with Crippen LogP contribution in [0.3, 0.4) is 0 Å². The van der Waals surface area contributed by atoms with Gasteiger partial charge in [0.1, 0.15) is 11.4 Å². The van der Waals surface area contributed by atoms with Gasteiger partial charge in [-0.1, -0.05) is 12.1 Å². The van der Waals surface area contributed by atoms with Crippen molar-refractivity contribution in [3.05, 3.63) is 17.0 Å². The van der Waals surface area contributed by atoms with E-state index in [2.05, 4.69) is 12.1 Å². The Morgan fingerprint density at radius 2 is 2.09 bits per heavy atom. The van der Waals surface area contributed by atoms with Gasteiger partial charge in [-0.3, -0.25) is 0 Å². The van der Waals surface area contributed by atoms with E-state index in [0.29, 0.717) is 19.7 Å². The van der Waals surface area contributed by atoms with Crippen LogP contribution in [0, 0.1) is 13.8 Å². The van der Waals surface area contributed by atoms with E-state index in [1.54, 1.807) is 4.90 Å². The second-order valence-corrected chi connectivity index (χ2v) is 7.28. The molecule has 1 fully saturated rings. The molecule has 0 bridgehead atoms. The number of aryl methyl sites for hydroxylation is 2. The van der Waals surface area contributed by atoms with Crippen LogP contribution < -0.4 is 0 Å². The Kier molecular flexibility index (Phi) is 5.04. The summed E-state index contributed by atoms with van der Waals surface area (Å²) in [7, 11) is 0. The van der Waals surface area contributed by atoms with Crippen molar-refractivity contribution in [2.24, 2.45) is 0 Å². The van der Waals surface area contributed by atoms with Gasteiger partial charge in [-0.05, 0) is 47.5 Å². The van der Waals surface area contributed by atoms with Crippen LogP contribution in [0.2, 0.25) is 0 Å². The van der Waals surface area contributed by atoms with Gasteiger partial charge in [0.2, 0.25) is 0 Å². The van der Waals surface area contributed by atoms with E-state index in [1.165, 1.54) is 0 Å². The van der Waals surface area contributed by atoms with E-state index < -0.39 is 5.60 Å². The van der Waals surface area contributed by atoms with Crippen LogP contribution >= 0.6 is 0 Å². The molecule has 1 aromatic heterocycles. The Labute approximate surface area is 138 Å². The first-order valence-corrected chi connectivity index (χ1v) is 8.19. The fourth-order valence-corrected chi connectivity index (χ4v) is 2.77. The van der Waals surface area contributed by atoms with Gasteiger partial charge in [0.05, 0.1) is 24.4 Å². The Morgan fingerprint density at radius 3 is 2.61 bits per heavy atom. The molecule has 1 unspecified atom stereocenters. The number of rotatable bonds is 4. The highest BCUT2D eigenvalue weighted by Crippen LogP contribution is 2.31. The summed E-state index contributed by atoms with van der Waals surface area (Å²) >= 11 is 0. The molecule has 0 N–H and O–H groups in total. The average molecular weight is 324 g/mol. The standard InChI is InChI=1S/C17H28N2O4/c1-7-17(21-10-14-12(2)18-23-13(14)3)8-9-19(11-17)15(20)22-16(4,5)6/h7-11H2,1-6H3. The molecule has 1 saturated heterocycles. The Hall–Kier alpha value is -1.56. The lowest BCUT2D eigenvalue weighted by Gasteiger charge is -2.29. The van der Waals surface area contributed by atoms with Gasteiger partial charge in [-0.15, -0.1) is 0 Å². The Balaban J connectivity index is 1.99. The van der Waals surface area contributed by atoms with Crippen molar-refractivity contribution in [2.75, 3.05) is 13.1 Å². The highest BCUT2D eigenvalue weighted by molar-refractivity contribution is 5.68. The summed E-state index contributed by atoms with van der Waals surface area (Å²) in [6.45, 7) is 13.2. The van der Waals surface area contributed by atoms with E-state index >= 15 is 0 Å². The van der Waals surface area contributed by atoms with Crippen LogP contribution in [-0.2, 0) is 16.1 Å². The van der Waals surface area contributed by atoms with E-state index in [9.17, 15) is 4.79 Å². The molecule has 0 saturated carbocycles. The monoisotopic (exact) mass is 324 g/mol. The number of ether oxygens (including phenoxy) is 2. The summed E-state index contributed by atoms with van der Waals surface area (Å²) in [4.78, 5) is 14.0. The zero-order chi connectivity index (χ0) is 17.3. The molecule has 0 aliphatic carbocycles. The predicted molar refractivity (Wildman–Crippen MR) is 86.2 cm³/mol. The first kappa shape index (κ1) is 17.8. The third-order valence-electron chi connectivity index (χ3n) is 4.32. The van der Waals surface area contributed by atoms with Crippen LogP contribution in [0.5, 0.6) is 0 Å². The van der Waals surface area contributed by atoms with Crippen molar-refractivity contribution in [3.63, 3.8) is 0 Å². The number of hydrogen-bond acceptors (Lipinski definition) is 5. The van der Waals surface area contributed by atoms with Crippen molar-refractivity contribution < 1.29 is 18.8 Å².